The molecule has 0 N–H and O–H groups in total. The van der Waals surface area contributed by atoms with Gasteiger partial charge in [0.15, 0.2) is 0 Å². The summed E-state index contributed by atoms with van der Waals surface area (Å²) in [6.45, 7) is 9.45. The van der Waals surface area contributed by atoms with Crippen molar-refractivity contribution in [2.24, 2.45) is 17.8 Å². The summed E-state index contributed by atoms with van der Waals surface area (Å²) in [5.74, 6) is 4.55. The highest BCUT2D eigenvalue weighted by Crippen LogP contribution is 2.31. The minimum absolute atomic E-state index is 0.935. The molecule has 100 valence electrons. The average Bonchev–Trinajstić information content (AvgIpc) is 2.25. The smallest absolute Gasteiger partial charge is 0.0625 e. The highest BCUT2D eigenvalue weighted by molar-refractivity contribution is 4.78. The molecule has 0 nitrogen and oxygen atoms in total. The van der Waals surface area contributed by atoms with Gasteiger partial charge in [0, 0.05) is 0 Å². The van der Waals surface area contributed by atoms with Gasteiger partial charge in [-0.05, 0) is 30.6 Å². The Hall–Kier alpha value is -0.130. The minimum atomic E-state index is 0.935. The molecule has 3 atom stereocenters. The van der Waals surface area contributed by atoms with E-state index in [1.165, 1.54) is 57.8 Å². The molecule has 0 aliphatic heterocycles. The third-order valence-electron chi connectivity index (χ3n) is 4.50. The van der Waals surface area contributed by atoms with Gasteiger partial charge in [0.1, 0.15) is 0 Å². The Morgan fingerprint density at radius 3 is 2.47 bits per heavy atom. The summed E-state index contributed by atoms with van der Waals surface area (Å²) >= 11 is 0. The summed E-state index contributed by atoms with van der Waals surface area (Å²) in [5, 5.41) is 0. The van der Waals surface area contributed by atoms with Crippen LogP contribution >= 0.6 is 0 Å². The second-order valence-corrected chi connectivity index (χ2v) is 6.92. The molecule has 0 radical (unpaired) electrons. The molecule has 1 aliphatic carbocycles. The van der Waals surface area contributed by atoms with E-state index >= 15 is 0 Å². The van der Waals surface area contributed by atoms with E-state index < -0.39 is 0 Å². The van der Waals surface area contributed by atoms with Crippen LogP contribution in [0.1, 0.15) is 85.5 Å². The fourth-order valence-corrected chi connectivity index (χ4v) is 3.19. The molecule has 0 spiro atoms. The van der Waals surface area contributed by atoms with E-state index in [0.717, 1.165) is 17.8 Å². The minimum Gasteiger partial charge on any atom is -0.0625 e. The average molecular weight is 237 g/mol. The van der Waals surface area contributed by atoms with Crippen molar-refractivity contribution in [1.82, 2.24) is 0 Å². The van der Waals surface area contributed by atoms with Crippen molar-refractivity contribution < 1.29 is 0 Å². The Balaban J connectivity index is 2.23. The molecule has 1 saturated carbocycles. The van der Waals surface area contributed by atoms with Gasteiger partial charge in [-0.3, -0.25) is 0 Å². The quantitative estimate of drug-likeness (QED) is 0.513. The van der Waals surface area contributed by atoms with Gasteiger partial charge in [-0.1, -0.05) is 52.4 Å². The Morgan fingerprint density at radius 1 is 1.06 bits per heavy atom. The zero-order valence-corrected chi connectivity index (χ0v) is 12.6. The first-order valence-corrected chi connectivity index (χ1v) is 7.87. The van der Waals surface area contributed by atoms with Crippen LogP contribution in [0.25, 0.3) is 0 Å². The molecule has 0 heterocycles. The highest BCUT2D eigenvalue weighted by atomic mass is 14.2. The molecule has 0 saturated heterocycles. The molecule has 0 bridgehead atoms. The molecule has 3 unspecified atom stereocenters. The summed E-state index contributed by atoms with van der Waals surface area (Å²) in [4.78, 5) is 0. The van der Waals surface area contributed by atoms with E-state index in [-0.39, 0.29) is 0 Å². The van der Waals surface area contributed by atoms with Crippen LogP contribution in [0.3, 0.4) is 0 Å². The van der Waals surface area contributed by atoms with E-state index in [0.29, 0.717) is 0 Å². The van der Waals surface area contributed by atoms with Gasteiger partial charge in [-0.2, -0.15) is 0 Å². The zero-order valence-electron chi connectivity index (χ0n) is 12.6. The van der Waals surface area contributed by atoms with Crippen LogP contribution in [0, 0.1) is 23.7 Å². The molecule has 0 amide bonds. The van der Waals surface area contributed by atoms with E-state index in [2.05, 4.69) is 27.7 Å². The predicted octanol–water partition coefficient (Wildman–Crippen LogP) is 6.01. The zero-order chi connectivity index (χ0) is 12.7. The largest absolute Gasteiger partial charge is 0.0896 e. The van der Waals surface area contributed by atoms with Gasteiger partial charge in [0.2, 0.25) is 0 Å². The maximum absolute atomic E-state index is 2.46. The molecule has 0 heteroatoms. The van der Waals surface area contributed by atoms with Gasteiger partial charge < -0.3 is 0 Å². The van der Waals surface area contributed by atoms with Gasteiger partial charge in [-0.15, -0.1) is 0 Å². The summed E-state index contributed by atoms with van der Waals surface area (Å²) in [5.41, 5.74) is 0. The molecule has 1 aliphatic rings. The van der Waals surface area contributed by atoms with Gasteiger partial charge in [0.25, 0.3) is 0 Å². The summed E-state index contributed by atoms with van der Waals surface area (Å²) < 4.78 is 0. The Kier molecular flexibility index (Phi) is 7.08. The van der Waals surface area contributed by atoms with Gasteiger partial charge >= 0.3 is 0 Å². The summed E-state index contributed by atoms with van der Waals surface area (Å²) in [6, 6.07) is 0. The number of hydrogen-bond donors (Lipinski definition) is 0. The van der Waals surface area contributed by atoms with E-state index in [1.807, 2.05) is 0 Å². The van der Waals surface area contributed by atoms with Crippen molar-refractivity contribution in [3.8, 4) is 0 Å². The molecule has 0 aromatic heterocycles. The third kappa shape index (κ3) is 7.01. The van der Waals surface area contributed by atoms with Crippen molar-refractivity contribution in [3.05, 3.63) is 5.92 Å². The first-order valence-electron chi connectivity index (χ1n) is 7.87. The SMILES string of the molecule is C[C+](C)CCC(C)CC1CCCCC(C)CC1. The lowest BCUT2D eigenvalue weighted by Crippen LogP contribution is -2.12. The van der Waals surface area contributed by atoms with Crippen LogP contribution < -0.4 is 0 Å². The number of rotatable bonds is 5. The van der Waals surface area contributed by atoms with Crippen molar-refractivity contribution >= 4 is 0 Å². The summed E-state index contributed by atoms with van der Waals surface area (Å²) in [6.07, 6.45) is 13.2. The van der Waals surface area contributed by atoms with Gasteiger partial charge in [-0.25, -0.2) is 0 Å². The van der Waals surface area contributed by atoms with Crippen molar-refractivity contribution in [2.75, 3.05) is 0 Å². The first kappa shape index (κ1) is 14.9. The molecule has 1 rings (SSSR count). The Labute approximate surface area is 110 Å². The number of hydrogen-bond acceptors (Lipinski definition) is 0. The summed E-state index contributed by atoms with van der Waals surface area (Å²) in [7, 11) is 0. The first-order chi connectivity index (χ1) is 8.08. The monoisotopic (exact) mass is 237 g/mol. The van der Waals surface area contributed by atoms with Crippen LogP contribution in [0.4, 0.5) is 0 Å². The predicted molar refractivity (Wildman–Crippen MR) is 78.0 cm³/mol. The molecular weight excluding hydrogens is 204 g/mol. The van der Waals surface area contributed by atoms with Crippen molar-refractivity contribution in [2.45, 2.75) is 85.5 Å². The van der Waals surface area contributed by atoms with Crippen LogP contribution in [0.2, 0.25) is 0 Å². The fraction of sp³-hybridized carbons (Fsp3) is 0.941. The second-order valence-electron chi connectivity index (χ2n) is 6.92. The van der Waals surface area contributed by atoms with Crippen LogP contribution in [-0.4, -0.2) is 0 Å². The lowest BCUT2D eigenvalue weighted by molar-refractivity contribution is 0.277. The normalized spacial score (nSPS) is 28.2. The Morgan fingerprint density at radius 2 is 1.76 bits per heavy atom. The Bertz CT molecular complexity index is 182. The van der Waals surface area contributed by atoms with Crippen LogP contribution in [0.5, 0.6) is 0 Å². The lowest BCUT2D eigenvalue weighted by atomic mass is 9.81. The fourth-order valence-electron chi connectivity index (χ4n) is 3.19. The van der Waals surface area contributed by atoms with Gasteiger partial charge in [0.05, 0.1) is 26.2 Å². The molecule has 1 fully saturated rings. The molecule has 17 heavy (non-hydrogen) atoms. The van der Waals surface area contributed by atoms with E-state index in [1.54, 1.807) is 5.92 Å². The van der Waals surface area contributed by atoms with Crippen LogP contribution in [-0.2, 0) is 0 Å². The molecule has 0 aromatic rings. The van der Waals surface area contributed by atoms with Crippen molar-refractivity contribution in [3.63, 3.8) is 0 Å². The maximum atomic E-state index is 2.46. The highest BCUT2D eigenvalue weighted by Gasteiger charge is 2.18. The second kappa shape index (κ2) is 8.06. The maximum Gasteiger partial charge on any atom is 0.0896 e. The van der Waals surface area contributed by atoms with E-state index in [9.17, 15) is 0 Å². The third-order valence-corrected chi connectivity index (χ3v) is 4.50. The topological polar surface area (TPSA) is 0 Å². The lowest BCUT2D eigenvalue weighted by Gasteiger charge is -2.25. The molecular formula is C17H33+. The standard InChI is InChI=1S/C17H33/c1-14(2)9-10-16(4)13-17-8-6-5-7-15(3)11-12-17/h15-17H,5-13H2,1-4H3/q+1. The van der Waals surface area contributed by atoms with Crippen LogP contribution in [0.15, 0.2) is 0 Å². The van der Waals surface area contributed by atoms with E-state index in [4.69, 9.17) is 0 Å². The molecule has 0 aromatic carbocycles. The van der Waals surface area contributed by atoms with Crippen molar-refractivity contribution in [1.29, 1.82) is 0 Å².